The molecule has 1 unspecified atom stereocenters. The molecule has 0 spiro atoms. The third kappa shape index (κ3) is 2.68. The molecule has 0 amide bonds. The van der Waals surface area contributed by atoms with Gasteiger partial charge in [-0.25, -0.2) is 8.42 Å². The molecule has 0 saturated heterocycles. The average molecular weight is 225 g/mol. The van der Waals surface area contributed by atoms with E-state index in [0.717, 1.165) is 19.3 Å². The first-order chi connectivity index (χ1) is 6.08. The van der Waals surface area contributed by atoms with Gasteiger partial charge in [-0.1, -0.05) is 12.8 Å². The SMILES string of the molecule is O=C1CCCCCC1S(=O)(=O)CCl. The number of carbonyl (C=O) groups is 1. The lowest BCUT2D eigenvalue weighted by Crippen LogP contribution is -2.29. The Morgan fingerprint density at radius 2 is 2.00 bits per heavy atom. The second-order valence-electron chi connectivity index (χ2n) is 3.33. The van der Waals surface area contributed by atoms with Crippen LogP contribution < -0.4 is 0 Å². The number of hydrogen-bond donors (Lipinski definition) is 0. The van der Waals surface area contributed by atoms with Gasteiger partial charge in [0.2, 0.25) is 0 Å². The van der Waals surface area contributed by atoms with Crippen LogP contribution in [-0.2, 0) is 14.6 Å². The first kappa shape index (κ1) is 11.0. The Kier molecular flexibility index (Phi) is 3.74. The molecule has 0 bridgehead atoms. The lowest BCUT2D eigenvalue weighted by molar-refractivity contribution is -0.118. The summed E-state index contributed by atoms with van der Waals surface area (Å²) in [4.78, 5) is 11.4. The minimum atomic E-state index is -3.38. The van der Waals surface area contributed by atoms with Gasteiger partial charge in [-0.3, -0.25) is 4.79 Å². The van der Waals surface area contributed by atoms with Crippen molar-refractivity contribution in [2.75, 3.05) is 5.21 Å². The van der Waals surface area contributed by atoms with Crippen molar-refractivity contribution >= 4 is 27.2 Å². The zero-order valence-corrected chi connectivity index (χ0v) is 8.90. The molecule has 1 atom stereocenters. The van der Waals surface area contributed by atoms with E-state index in [0.29, 0.717) is 12.8 Å². The number of Topliss-reactive ketones (excluding diaryl/α,β-unsaturated/α-hetero) is 1. The van der Waals surface area contributed by atoms with Crippen LogP contribution in [0.25, 0.3) is 0 Å². The van der Waals surface area contributed by atoms with Gasteiger partial charge in [0.25, 0.3) is 0 Å². The quantitative estimate of drug-likeness (QED) is 0.528. The lowest BCUT2D eigenvalue weighted by atomic mass is 10.2. The second kappa shape index (κ2) is 4.42. The lowest BCUT2D eigenvalue weighted by Gasteiger charge is -2.10. The van der Waals surface area contributed by atoms with Crippen LogP contribution in [0.15, 0.2) is 0 Å². The fourth-order valence-electron chi connectivity index (χ4n) is 1.58. The van der Waals surface area contributed by atoms with Crippen LogP contribution >= 0.6 is 11.6 Å². The molecule has 76 valence electrons. The molecule has 3 nitrogen and oxygen atoms in total. The number of hydrogen-bond acceptors (Lipinski definition) is 3. The van der Waals surface area contributed by atoms with E-state index >= 15 is 0 Å². The van der Waals surface area contributed by atoms with E-state index in [4.69, 9.17) is 11.6 Å². The first-order valence-corrected chi connectivity index (χ1v) is 6.63. The van der Waals surface area contributed by atoms with Crippen molar-refractivity contribution < 1.29 is 13.2 Å². The number of carbonyl (C=O) groups excluding carboxylic acids is 1. The van der Waals surface area contributed by atoms with E-state index in [1.54, 1.807) is 0 Å². The summed E-state index contributed by atoms with van der Waals surface area (Å²) in [5, 5.41) is -1.27. The van der Waals surface area contributed by atoms with Crippen molar-refractivity contribution in [1.82, 2.24) is 0 Å². The van der Waals surface area contributed by atoms with Crippen LogP contribution in [-0.4, -0.2) is 24.7 Å². The van der Waals surface area contributed by atoms with E-state index in [-0.39, 0.29) is 5.78 Å². The second-order valence-corrected chi connectivity index (χ2v) is 6.09. The van der Waals surface area contributed by atoms with E-state index in [1.807, 2.05) is 0 Å². The van der Waals surface area contributed by atoms with E-state index < -0.39 is 20.3 Å². The van der Waals surface area contributed by atoms with Gasteiger partial charge >= 0.3 is 0 Å². The summed E-state index contributed by atoms with van der Waals surface area (Å²) in [7, 11) is -3.38. The Balaban J connectivity index is 2.82. The predicted octanol–water partition coefficient (Wildman–Crippen LogP) is 1.50. The normalized spacial score (nSPS) is 25.6. The maximum atomic E-state index is 11.4. The number of rotatable bonds is 2. The maximum absolute atomic E-state index is 11.4. The smallest absolute Gasteiger partial charge is 0.174 e. The van der Waals surface area contributed by atoms with E-state index in [1.165, 1.54) is 0 Å². The minimum absolute atomic E-state index is 0.154. The molecule has 1 aliphatic carbocycles. The van der Waals surface area contributed by atoms with E-state index in [2.05, 4.69) is 0 Å². The van der Waals surface area contributed by atoms with Gasteiger partial charge in [-0.15, -0.1) is 11.6 Å². The van der Waals surface area contributed by atoms with Gasteiger partial charge in [0.1, 0.15) is 10.5 Å². The molecular weight excluding hydrogens is 212 g/mol. The first-order valence-electron chi connectivity index (χ1n) is 4.38. The Morgan fingerprint density at radius 3 is 2.62 bits per heavy atom. The summed E-state index contributed by atoms with van der Waals surface area (Å²) < 4.78 is 22.7. The standard InChI is InChI=1S/C8H13ClO3S/c9-6-13(11,12)8-5-3-1-2-4-7(8)10/h8H,1-6H2. The molecule has 5 heteroatoms. The molecule has 1 fully saturated rings. The fourth-order valence-corrected chi connectivity index (χ4v) is 3.24. The number of ketones is 1. The van der Waals surface area contributed by atoms with Gasteiger partial charge in [-0.05, 0) is 12.8 Å². The van der Waals surface area contributed by atoms with Gasteiger partial charge in [0.05, 0.1) is 0 Å². The molecule has 0 aliphatic heterocycles. The third-order valence-corrected chi connectivity index (χ3v) is 4.92. The molecule has 1 saturated carbocycles. The van der Waals surface area contributed by atoms with Crippen molar-refractivity contribution in [2.24, 2.45) is 0 Å². The zero-order valence-electron chi connectivity index (χ0n) is 7.33. The van der Waals surface area contributed by atoms with Crippen molar-refractivity contribution in [2.45, 2.75) is 37.4 Å². The van der Waals surface area contributed by atoms with E-state index in [9.17, 15) is 13.2 Å². The maximum Gasteiger partial charge on any atom is 0.174 e. The molecule has 0 aromatic rings. The van der Waals surface area contributed by atoms with Crippen LogP contribution in [0.4, 0.5) is 0 Å². The highest BCUT2D eigenvalue weighted by molar-refractivity contribution is 7.93. The summed E-state index contributed by atoms with van der Waals surface area (Å²) in [5.74, 6) is -0.154. The fraction of sp³-hybridized carbons (Fsp3) is 0.875. The van der Waals surface area contributed by atoms with Crippen molar-refractivity contribution in [3.05, 3.63) is 0 Å². The Bertz CT molecular complexity index is 284. The summed E-state index contributed by atoms with van der Waals surface area (Å²) in [6.07, 6.45) is 3.41. The highest BCUT2D eigenvalue weighted by Crippen LogP contribution is 2.21. The number of sulfone groups is 1. The number of halogens is 1. The van der Waals surface area contributed by atoms with Crippen molar-refractivity contribution in [3.8, 4) is 0 Å². The molecule has 0 radical (unpaired) electrons. The molecular formula is C8H13ClO3S. The average Bonchev–Trinajstić information content (AvgIpc) is 2.30. The molecule has 0 aromatic heterocycles. The van der Waals surface area contributed by atoms with Gasteiger partial charge < -0.3 is 0 Å². The number of alkyl halides is 1. The van der Waals surface area contributed by atoms with Gasteiger partial charge in [-0.2, -0.15) is 0 Å². The summed E-state index contributed by atoms with van der Waals surface area (Å²) in [5.41, 5.74) is 0. The van der Waals surface area contributed by atoms with Crippen LogP contribution in [0.2, 0.25) is 0 Å². The molecule has 13 heavy (non-hydrogen) atoms. The molecule has 0 N–H and O–H groups in total. The van der Waals surface area contributed by atoms with Crippen molar-refractivity contribution in [3.63, 3.8) is 0 Å². The molecule has 0 aromatic carbocycles. The Labute approximate surface area is 83.4 Å². The molecule has 1 rings (SSSR count). The predicted molar refractivity (Wildman–Crippen MR) is 51.5 cm³/mol. The largest absolute Gasteiger partial charge is 0.298 e. The summed E-state index contributed by atoms with van der Waals surface area (Å²) >= 11 is 5.30. The minimum Gasteiger partial charge on any atom is -0.298 e. The van der Waals surface area contributed by atoms with Crippen LogP contribution in [0.5, 0.6) is 0 Å². The summed E-state index contributed by atoms with van der Waals surface area (Å²) in [6.45, 7) is 0. The summed E-state index contributed by atoms with van der Waals surface area (Å²) in [6, 6.07) is 0. The Hall–Kier alpha value is -0.0900. The van der Waals surface area contributed by atoms with Crippen LogP contribution in [0, 0.1) is 0 Å². The highest BCUT2D eigenvalue weighted by atomic mass is 35.5. The van der Waals surface area contributed by atoms with Gasteiger partial charge in [0.15, 0.2) is 15.6 Å². The van der Waals surface area contributed by atoms with Crippen molar-refractivity contribution in [1.29, 1.82) is 0 Å². The van der Waals surface area contributed by atoms with Crippen LogP contribution in [0.1, 0.15) is 32.1 Å². The van der Waals surface area contributed by atoms with Crippen LogP contribution in [0.3, 0.4) is 0 Å². The highest BCUT2D eigenvalue weighted by Gasteiger charge is 2.31. The van der Waals surface area contributed by atoms with Gasteiger partial charge in [0, 0.05) is 6.42 Å². The Morgan fingerprint density at radius 1 is 1.31 bits per heavy atom. The monoisotopic (exact) mass is 224 g/mol. The molecule has 1 aliphatic rings. The topological polar surface area (TPSA) is 51.2 Å². The third-order valence-electron chi connectivity index (χ3n) is 2.33. The molecule has 0 heterocycles. The zero-order chi connectivity index (χ0) is 9.90.